The molecule has 0 aliphatic carbocycles. The second kappa shape index (κ2) is 16.2. The molecule has 0 aromatic rings. The predicted molar refractivity (Wildman–Crippen MR) is 103 cm³/mol. The zero-order chi connectivity index (χ0) is 18.9. The Morgan fingerprint density at radius 2 is 1.28 bits per heavy atom. The molecule has 0 aliphatic heterocycles. The summed E-state index contributed by atoms with van der Waals surface area (Å²) in [6, 6.07) is 0. The molecular weight excluding hydrogens is 316 g/mol. The summed E-state index contributed by atoms with van der Waals surface area (Å²) < 4.78 is 0. The SMILES string of the molecule is CCCCCCCCCCCCCC(CC)C/C(=C/C(=O)O)C(=O)O. The van der Waals surface area contributed by atoms with Crippen molar-refractivity contribution in [3.05, 3.63) is 11.6 Å². The molecule has 0 heterocycles. The van der Waals surface area contributed by atoms with Gasteiger partial charge in [-0.05, 0) is 12.3 Å². The van der Waals surface area contributed by atoms with Crippen molar-refractivity contribution < 1.29 is 19.8 Å². The second-order valence-electron chi connectivity index (χ2n) is 7.12. The number of unbranched alkanes of at least 4 members (excludes halogenated alkanes) is 10. The van der Waals surface area contributed by atoms with E-state index >= 15 is 0 Å². The van der Waals surface area contributed by atoms with Gasteiger partial charge in [0.25, 0.3) is 0 Å². The average molecular weight is 355 g/mol. The second-order valence-corrected chi connectivity index (χ2v) is 7.12. The number of hydrogen-bond acceptors (Lipinski definition) is 2. The third kappa shape index (κ3) is 14.7. The van der Waals surface area contributed by atoms with Crippen molar-refractivity contribution in [2.45, 2.75) is 104 Å². The molecule has 0 bridgehead atoms. The van der Waals surface area contributed by atoms with Crippen molar-refractivity contribution in [1.29, 1.82) is 0 Å². The molecule has 0 spiro atoms. The van der Waals surface area contributed by atoms with Crippen LogP contribution in [0.4, 0.5) is 0 Å². The predicted octanol–water partition coefficient (Wildman–Crippen LogP) is 6.20. The largest absolute Gasteiger partial charge is 0.478 e. The maximum atomic E-state index is 11.1. The van der Waals surface area contributed by atoms with Crippen LogP contribution in [0.3, 0.4) is 0 Å². The van der Waals surface area contributed by atoms with Crippen molar-refractivity contribution in [2.75, 3.05) is 0 Å². The fourth-order valence-electron chi connectivity index (χ4n) is 3.22. The van der Waals surface area contributed by atoms with Crippen molar-refractivity contribution >= 4 is 11.9 Å². The molecule has 0 saturated carbocycles. The summed E-state index contributed by atoms with van der Waals surface area (Å²) in [4.78, 5) is 21.8. The monoisotopic (exact) mass is 354 g/mol. The van der Waals surface area contributed by atoms with Gasteiger partial charge in [0, 0.05) is 11.6 Å². The summed E-state index contributed by atoms with van der Waals surface area (Å²) in [5, 5.41) is 17.9. The smallest absolute Gasteiger partial charge is 0.331 e. The fourth-order valence-corrected chi connectivity index (χ4v) is 3.22. The van der Waals surface area contributed by atoms with Crippen LogP contribution in [0.5, 0.6) is 0 Å². The normalized spacial score (nSPS) is 13.0. The van der Waals surface area contributed by atoms with E-state index in [1.807, 2.05) is 6.92 Å². The van der Waals surface area contributed by atoms with Gasteiger partial charge in [0.1, 0.15) is 0 Å². The van der Waals surface area contributed by atoms with Crippen LogP contribution in [0.2, 0.25) is 0 Å². The summed E-state index contributed by atoms with van der Waals surface area (Å²) in [6.45, 7) is 4.29. The van der Waals surface area contributed by atoms with Crippen LogP contribution in [-0.4, -0.2) is 22.2 Å². The highest BCUT2D eigenvalue weighted by atomic mass is 16.4. The van der Waals surface area contributed by atoms with Crippen molar-refractivity contribution in [3.8, 4) is 0 Å². The van der Waals surface area contributed by atoms with E-state index < -0.39 is 11.9 Å². The van der Waals surface area contributed by atoms with Gasteiger partial charge in [-0.2, -0.15) is 0 Å². The van der Waals surface area contributed by atoms with Gasteiger partial charge < -0.3 is 10.2 Å². The van der Waals surface area contributed by atoms with Crippen LogP contribution in [-0.2, 0) is 9.59 Å². The Kier molecular flexibility index (Phi) is 15.3. The summed E-state index contributed by atoms with van der Waals surface area (Å²) in [5.74, 6) is -2.03. The van der Waals surface area contributed by atoms with E-state index in [4.69, 9.17) is 10.2 Å². The molecule has 146 valence electrons. The lowest BCUT2D eigenvalue weighted by Crippen LogP contribution is -2.10. The van der Waals surface area contributed by atoms with E-state index in [-0.39, 0.29) is 11.5 Å². The molecule has 0 saturated heterocycles. The van der Waals surface area contributed by atoms with E-state index in [1.165, 1.54) is 64.2 Å². The first kappa shape index (κ1) is 23.7. The molecule has 4 nitrogen and oxygen atoms in total. The molecule has 0 aromatic carbocycles. The molecule has 0 radical (unpaired) electrons. The van der Waals surface area contributed by atoms with E-state index in [9.17, 15) is 9.59 Å². The highest BCUT2D eigenvalue weighted by molar-refractivity contribution is 5.94. The standard InChI is InChI=1S/C21H38O4/c1-3-5-6-7-8-9-10-11-12-13-14-15-18(4-2)16-19(21(24)25)17-20(22)23/h17-18H,3-16H2,1-2H3,(H,22,23)(H,24,25)/b19-17-. The molecule has 0 rings (SSSR count). The van der Waals surface area contributed by atoms with Gasteiger partial charge in [-0.25, -0.2) is 9.59 Å². The lowest BCUT2D eigenvalue weighted by molar-refractivity contribution is -0.135. The number of carboxylic acids is 2. The van der Waals surface area contributed by atoms with E-state index in [1.54, 1.807) is 0 Å². The average Bonchev–Trinajstić information content (AvgIpc) is 2.57. The first-order valence-corrected chi connectivity index (χ1v) is 10.2. The van der Waals surface area contributed by atoms with Crippen LogP contribution in [0.25, 0.3) is 0 Å². The Bertz CT molecular complexity index is 387. The molecule has 0 aliphatic rings. The third-order valence-electron chi connectivity index (χ3n) is 4.87. The molecule has 0 amide bonds. The first-order valence-electron chi connectivity index (χ1n) is 10.2. The molecule has 1 atom stereocenters. The molecule has 2 N–H and O–H groups in total. The van der Waals surface area contributed by atoms with Gasteiger partial charge in [-0.15, -0.1) is 0 Å². The maximum absolute atomic E-state index is 11.1. The van der Waals surface area contributed by atoms with E-state index in [0.717, 1.165) is 25.3 Å². The molecule has 4 heteroatoms. The Balaban J connectivity index is 3.77. The Hall–Kier alpha value is -1.32. The Morgan fingerprint density at radius 1 is 0.800 bits per heavy atom. The summed E-state index contributed by atoms with van der Waals surface area (Å²) in [7, 11) is 0. The van der Waals surface area contributed by atoms with Gasteiger partial charge >= 0.3 is 11.9 Å². The van der Waals surface area contributed by atoms with Crippen LogP contribution in [0, 0.1) is 5.92 Å². The number of carboxylic acid groups (broad SMARTS) is 2. The summed E-state index contributed by atoms with van der Waals surface area (Å²) in [5.41, 5.74) is 0.0161. The topological polar surface area (TPSA) is 74.6 Å². The third-order valence-corrected chi connectivity index (χ3v) is 4.87. The molecular formula is C21H38O4. The lowest BCUT2D eigenvalue weighted by atomic mass is 9.91. The molecule has 25 heavy (non-hydrogen) atoms. The zero-order valence-corrected chi connectivity index (χ0v) is 16.3. The first-order chi connectivity index (χ1) is 12.0. The molecule has 1 unspecified atom stereocenters. The van der Waals surface area contributed by atoms with Gasteiger partial charge in [-0.1, -0.05) is 97.3 Å². The van der Waals surface area contributed by atoms with Crippen LogP contribution in [0.1, 0.15) is 104 Å². The van der Waals surface area contributed by atoms with Crippen LogP contribution >= 0.6 is 0 Å². The Labute approximate surface area is 153 Å². The highest BCUT2D eigenvalue weighted by Crippen LogP contribution is 2.22. The van der Waals surface area contributed by atoms with Crippen molar-refractivity contribution in [3.63, 3.8) is 0 Å². The van der Waals surface area contributed by atoms with Crippen LogP contribution in [0.15, 0.2) is 11.6 Å². The van der Waals surface area contributed by atoms with Crippen LogP contribution < -0.4 is 0 Å². The molecule has 0 aromatic heterocycles. The molecule has 0 fully saturated rings. The zero-order valence-electron chi connectivity index (χ0n) is 16.3. The van der Waals surface area contributed by atoms with E-state index in [2.05, 4.69) is 6.92 Å². The lowest BCUT2D eigenvalue weighted by Gasteiger charge is -2.14. The van der Waals surface area contributed by atoms with Gasteiger partial charge in [0.2, 0.25) is 0 Å². The van der Waals surface area contributed by atoms with Gasteiger partial charge in [0.05, 0.1) is 0 Å². The van der Waals surface area contributed by atoms with Gasteiger partial charge in [-0.3, -0.25) is 0 Å². The fraction of sp³-hybridized carbons (Fsp3) is 0.810. The number of rotatable bonds is 17. The van der Waals surface area contributed by atoms with Crippen molar-refractivity contribution in [2.24, 2.45) is 5.92 Å². The summed E-state index contributed by atoms with van der Waals surface area (Å²) in [6.07, 6.45) is 17.4. The number of hydrogen-bond donors (Lipinski definition) is 2. The number of carbonyl (C=O) groups is 2. The number of aliphatic carboxylic acids is 2. The summed E-state index contributed by atoms with van der Waals surface area (Å²) >= 11 is 0. The highest BCUT2D eigenvalue weighted by Gasteiger charge is 2.15. The minimum atomic E-state index is -1.18. The van der Waals surface area contributed by atoms with Crippen molar-refractivity contribution in [1.82, 2.24) is 0 Å². The van der Waals surface area contributed by atoms with E-state index in [0.29, 0.717) is 6.42 Å². The maximum Gasteiger partial charge on any atom is 0.331 e. The minimum absolute atomic E-state index is 0.0161. The minimum Gasteiger partial charge on any atom is -0.478 e. The Morgan fingerprint density at radius 3 is 1.68 bits per heavy atom. The van der Waals surface area contributed by atoms with Gasteiger partial charge in [0.15, 0.2) is 0 Å². The quantitative estimate of drug-likeness (QED) is 0.241.